The van der Waals surface area contributed by atoms with Gasteiger partial charge in [0.25, 0.3) is 0 Å². The predicted molar refractivity (Wildman–Crippen MR) is 137 cm³/mol. The molecule has 7 heteroatoms. The number of aromatic nitrogens is 1. The molecule has 0 aliphatic carbocycles. The van der Waals surface area contributed by atoms with Gasteiger partial charge < -0.3 is 18.9 Å². The normalized spacial score (nSPS) is 12.2. The fourth-order valence-electron chi connectivity index (χ4n) is 4.04. The number of hydrogen-bond donors (Lipinski definition) is 0. The van der Waals surface area contributed by atoms with Crippen molar-refractivity contribution in [3.05, 3.63) is 100 Å². The summed E-state index contributed by atoms with van der Waals surface area (Å²) in [6.45, 7) is 3.76. The second-order valence-corrected chi connectivity index (χ2v) is 8.73. The van der Waals surface area contributed by atoms with Crippen LogP contribution in [0.2, 0.25) is 5.02 Å². The summed E-state index contributed by atoms with van der Waals surface area (Å²) in [5.41, 5.74) is 5.51. The number of halogens is 1. The number of aldehydes is 1. The molecule has 4 aromatic rings. The summed E-state index contributed by atoms with van der Waals surface area (Å²) in [5, 5.41) is 0.342. The van der Waals surface area contributed by atoms with Crippen LogP contribution in [0.5, 0.6) is 23.0 Å². The van der Waals surface area contributed by atoms with Crippen LogP contribution < -0.4 is 18.9 Å². The Kier molecular flexibility index (Phi) is 7.05. The Morgan fingerprint density at radius 1 is 0.917 bits per heavy atom. The number of carbonyl (C=O) groups excluding carboxylic acids is 1. The molecule has 6 nitrogen and oxygen atoms in total. The number of rotatable bonds is 8. The molecule has 182 valence electrons. The van der Waals surface area contributed by atoms with Gasteiger partial charge in [-0.25, -0.2) is 0 Å². The topological polar surface area (TPSA) is 66.9 Å². The standard InChI is InChI=1S/C29H24ClNO5/c1-19-22(3-2-4-24(19)21-5-6-26-29(14-21)34-12-11-33-26)18-36-28-15-27(23(16-32)13-25(28)30)35-17-20-7-9-31-10-8-20/h2-10,13-16H,11-12,17-18H2,1H3. The lowest BCUT2D eigenvalue weighted by Gasteiger charge is -2.20. The summed E-state index contributed by atoms with van der Waals surface area (Å²) in [4.78, 5) is 15.6. The summed E-state index contributed by atoms with van der Waals surface area (Å²) in [6, 6.07) is 19.0. The van der Waals surface area contributed by atoms with Crippen LogP contribution in [0.1, 0.15) is 27.0 Å². The van der Waals surface area contributed by atoms with Gasteiger partial charge in [-0.1, -0.05) is 35.9 Å². The molecule has 0 spiro atoms. The van der Waals surface area contributed by atoms with E-state index in [9.17, 15) is 4.79 Å². The summed E-state index contributed by atoms with van der Waals surface area (Å²) in [7, 11) is 0. The SMILES string of the molecule is Cc1c(COc2cc(OCc3ccncc3)c(C=O)cc2Cl)cccc1-c1ccc2c(c1)OCCO2. The van der Waals surface area contributed by atoms with Crippen LogP contribution in [0, 0.1) is 6.92 Å². The Morgan fingerprint density at radius 3 is 2.50 bits per heavy atom. The van der Waals surface area contributed by atoms with Crippen molar-refractivity contribution in [3.8, 4) is 34.1 Å². The van der Waals surface area contributed by atoms with Crippen LogP contribution in [-0.2, 0) is 13.2 Å². The van der Waals surface area contributed by atoms with Crippen molar-refractivity contribution in [2.24, 2.45) is 0 Å². The molecule has 0 N–H and O–H groups in total. The van der Waals surface area contributed by atoms with Gasteiger partial charge in [-0.05, 0) is 65.1 Å². The average molecular weight is 502 g/mol. The number of nitrogens with zero attached hydrogens (tertiary/aromatic N) is 1. The molecule has 2 heterocycles. The van der Waals surface area contributed by atoms with Gasteiger partial charge >= 0.3 is 0 Å². The Balaban J connectivity index is 1.35. The Morgan fingerprint density at radius 2 is 1.69 bits per heavy atom. The molecule has 1 aromatic heterocycles. The minimum absolute atomic E-state index is 0.293. The maximum Gasteiger partial charge on any atom is 0.161 e. The maximum absolute atomic E-state index is 11.6. The molecular formula is C29H24ClNO5. The second-order valence-electron chi connectivity index (χ2n) is 8.32. The van der Waals surface area contributed by atoms with E-state index >= 15 is 0 Å². The van der Waals surface area contributed by atoms with Gasteiger partial charge in [-0.15, -0.1) is 0 Å². The van der Waals surface area contributed by atoms with E-state index < -0.39 is 0 Å². The highest BCUT2D eigenvalue weighted by Crippen LogP contribution is 2.37. The van der Waals surface area contributed by atoms with Crippen molar-refractivity contribution >= 4 is 17.9 Å². The molecule has 0 atom stereocenters. The Bertz CT molecular complexity index is 1390. The first-order chi connectivity index (χ1) is 17.6. The van der Waals surface area contributed by atoms with E-state index in [1.54, 1.807) is 24.5 Å². The van der Waals surface area contributed by atoms with Crippen LogP contribution in [0.25, 0.3) is 11.1 Å². The van der Waals surface area contributed by atoms with Gasteiger partial charge in [-0.2, -0.15) is 0 Å². The lowest BCUT2D eigenvalue weighted by atomic mass is 9.96. The molecule has 5 rings (SSSR count). The smallest absolute Gasteiger partial charge is 0.161 e. The van der Waals surface area contributed by atoms with E-state index in [4.69, 9.17) is 30.5 Å². The van der Waals surface area contributed by atoms with E-state index in [1.165, 1.54) is 0 Å². The fourth-order valence-corrected chi connectivity index (χ4v) is 4.26. The van der Waals surface area contributed by atoms with Gasteiger partial charge in [-0.3, -0.25) is 9.78 Å². The molecule has 0 fully saturated rings. The average Bonchev–Trinajstić information content (AvgIpc) is 2.92. The maximum atomic E-state index is 11.6. The number of carbonyl (C=O) groups is 1. The third-order valence-electron chi connectivity index (χ3n) is 6.02. The summed E-state index contributed by atoms with van der Waals surface area (Å²) >= 11 is 6.42. The third kappa shape index (κ3) is 5.14. The number of pyridine rings is 1. The molecule has 0 bridgehead atoms. The highest BCUT2D eigenvalue weighted by Gasteiger charge is 2.15. The quantitative estimate of drug-likeness (QED) is 0.258. The van der Waals surface area contributed by atoms with E-state index in [0.717, 1.165) is 45.6 Å². The Labute approximate surface area is 214 Å². The van der Waals surface area contributed by atoms with Gasteiger partial charge in [0.2, 0.25) is 0 Å². The molecule has 0 amide bonds. The van der Waals surface area contributed by atoms with E-state index in [1.807, 2.05) is 42.5 Å². The zero-order chi connectivity index (χ0) is 24.9. The molecule has 0 saturated heterocycles. The zero-order valence-corrected chi connectivity index (χ0v) is 20.5. The van der Waals surface area contributed by atoms with Gasteiger partial charge in [0.1, 0.15) is 37.9 Å². The summed E-state index contributed by atoms with van der Waals surface area (Å²) < 4.78 is 23.4. The van der Waals surface area contributed by atoms with Crippen molar-refractivity contribution in [2.45, 2.75) is 20.1 Å². The van der Waals surface area contributed by atoms with Gasteiger partial charge in [0.15, 0.2) is 17.8 Å². The van der Waals surface area contributed by atoms with Gasteiger partial charge in [0, 0.05) is 18.5 Å². The van der Waals surface area contributed by atoms with Crippen molar-refractivity contribution in [3.63, 3.8) is 0 Å². The highest BCUT2D eigenvalue weighted by molar-refractivity contribution is 6.32. The lowest BCUT2D eigenvalue weighted by Crippen LogP contribution is -2.15. The highest BCUT2D eigenvalue weighted by atomic mass is 35.5. The third-order valence-corrected chi connectivity index (χ3v) is 6.31. The van der Waals surface area contributed by atoms with Crippen LogP contribution in [0.15, 0.2) is 73.1 Å². The van der Waals surface area contributed by atoms with Gasteiger partial charge in [0.05, 0.1) is 10.6 Å². The van der Waals surface area contributed by atoms with Crippen molar-refractivity contribution in [1.29, 1.82) is 0 Å². The predicted octanol–water partition coefficient (Wildman–Crippen LogP) is 6.45. The largest absolute Gasteiger partial charge is 0.488 e. The molecule has 3 aromatic carbocycles. The molecule has 36 heavy (non-hydrogen) atoms. The molecule has 1 aliphatic heterocycles. The van der Waals surface area contributed by atoms with Crippen molar-refractivity contribution in [1.82, 2.24) is 4.98 Å². The van der Waals surface area contributed by atoms with E-state index in [0.29, 0.717) is 48.5 Å². The first-order valence-corrected chi connectivity index (χ1v) is 11.9. The zero-order valence-electron chi connectivity index (χ0n) is 19.7. The molecule has 0 saturated carbocycles. The number of benzene rings is 3. The molecule has 0 radical (unpaired) electrons. The summed E-state index contributed by atoms with van der Waals surface area (Å²) in [5.74, 6) is 2.36. The van der Waals surface area contributed by atoms with E-state index in [-0.39, 0.29) is 0 Å². The lowest BCUT2D eigenvalue weighted by molar-refractivity contribution is 0.111. The first-order valence-electron chi connectivity index (χ1n) is 11.5. The number of fused-ring (bicyclic) bond motifs is 1. The van der Waals surface area contributed by atoms with Crippen LogP contribution >= 0.6 is 11.6 Å². The molecular weight excluding hydrogens is 478 g/mol. The van der Waals surface area contributed by atoms with Crippen LogP contribution in [0.3, 0.4) is 0 Å². The van der Waals surface area contributed by atoms with Crippen LogP contribution in [0.4, 0.5) is 0 Å². The second kappa shape index (κ2) is 10.7. The fraction of sp³-hybridized carbons (Fsp3) is 0.172. The van der Waals surface area contributed by atoms with Crippen LogP contribution in [-0.4, -0.2) is 24.5 Å². The minimum Gasteiger partial charge on any atom is -0.488 e. The monoisotopic (exact) mass is 501 g/mol. The van der Waals surface area contributed by atoms with Crippen molar-refractivity contribution < 1.29 is 23.7 Å². The van der Waals surface area contributed by atoms with E-state index in [2.05, 4.69) is 18.0 Å². The molecule has 1 aliphatic rings. The first kappa shape index (κ1) is 23.7. The summed E-state index contributed by atoms with van der Waals surface area (Å²) in [6.07, 6.45) is 4.10. The minimum atomic E-state index is 0.293. The van der Waals surface area contributed by atoms with Crippen molar-refractivity contribution in [2.75, 3.05) is 13.2 Å². The number of ether oxygens (including phenoxy) is 4. The Hall–Kier alpha value is -4.03. The number of hydrogen-bond acceptors (Lipinski definition) is 6. The molecule has 0 unspecified atom stereocenters.